The highest BCUT2D eigenvalue weighted by Crippen LogP contribution is 2.52. The number of ether oxygens (including phenoxy) is 2. The number of amides is 4. The average Bonchev–Trinajstić information content (AvgIpc) is 4.11. The van der Waals surface area contributed by atoms with E-state index in [4.69, 9.17) is 9.47 Å². The molecular weight excluding hydrogens is 815 g/mol. The number of hydrogen-bond donors (Lipinski definition) is 3. The summed E-state index contributed by atoms with van der Waals surface area (Å²) >= 11 is 0. The Labute approximate surface area is 355 Å². The van der Waals surface area contributed by atoms with Crippen molar-refractivity contribution in [2.45, 2.75) is 139 Å². The molecule has 15 nitrogen and oxygen atoms in total. The second kappa shape index (κ2) is 15.9. The molecule has 4 heterocycles. The molecule has 1 unspecified atom stereocenters. The Kier molecular flexibility index (Phi) is 11.5. The highest BCUT2D eigenvalue weighted by molar-refractivity contribution is 7.91. The number of alkyl halides is 2. The summed E-state index contributed by atoms with van der Waals surface area (Å²) in [4.78, 5) is 64.8. The van der Waals surface area contributed by atoms with Crippen molar-refractivity contribution < 1.29 is 51.0 Å². The van der Waals surface area contributed by atoms with Crippen LogP contribution < -0.4 is 24.4 Å². The van der Waals surface area contributed by atoms with Crippen LogP contribution in [-0.2, 0) is 24.4 Å². The van der Waals surface area contributed by atoms with E-state index in [1.807, 2.05) is 24.9 Å². The van der Waals surface area contributed by atoms with Crippen molar-refractivity contribution in [2.75, 3.05) is 25.1 Å². The molecule has 0 bridgehead atoms. The number of rotatable bonds is 9. The number of nitrogens with one attached hydrogen (secondary N) is 2. The standard InChI is InChI=1S/C43H58F2N6O9S/c1-8-26(4)50(39(55)56)33-27(9-2)22-25(3)12-10-11-13-28-23-42(28,38(54)48-61(57,58)40(5)17-18-40)47-35(52)32-24-41(6,43(44,45)51(32)37(33)53)60-36-30-14-15-31-34(29(30)16-19-46-36)59-21-20-49(31)7/h11,13-16,19,25-28,32-33H,8-10,12,17-18,20-24H2,1-7H3,(H,47,52)(H,48,54)(H,55,56)/b13-11-/t25-,26?,27-,28-,32+,33+,41-,42-/m1/s1. The van der Waals surface area contributed by atoms with Gasteiger partial charge in [-0.05, 0) is 95.8 Å². The van der Waals surface area contributed by atoms with Gasteiger partial charge < -0.3 is 24.8 Å². The third-order valence-electron chi connectivity index (χ3n) is 13.9. The van der Waals surface area contributed by atoms with Crippen LogP contribution in [0.5, 0.6) is 11.6 Å². The van der Waals surface area contributed by atoms with Crippen LogP contribution in [0.2, 0.25) is 0 Å². The number of pyridine rings is 1. The molecule has 3 N–H and O–H groups in total. The Bertz CT molecular complexity index is 2240. The highest BCUT2D eigenvalue weighted by atomic mass is 32.2. The smallest absolute Gasteiger partial charge is 0.408 e. The summed E-state index contributed by atoms with van der Waals surface area (Å²) in [7, 11) is -2.26. The number of halogens is 2. The summed E-state index contributed by atoms with van der Waals surface area (Å²) in [5.41, 5.74) is -3.70. The lowest BCUT2D eigenvalue weighted by Gasteiger charge is -2.43. The summed E-state index contributed by atoms with van der Waals surface area (Å²) in [6.45, 7) is 10.7. The average molecular weight is 873 g/mol. The van der Waals surface area contributed by atoms with Crippen LogP contribution in [0.25, 0.3) is 10.8 Å². The van der Waals surface area contributed by atoms with Gasteiger partial charge in [0.15, 0.2) is 11.4 Å². The number of allylic oxidation sites excluding steroid dienone is 1. The van der Waals surface area contributed by atoms with Gasteiger partial charge in [0.25, 0.3) is 11.8 Å². The van der Waals surface area contributed by atoms with Gasteiger partial charge in [0.05, 0.1) is 17.0 Å². The molecule has 0 spiro atoms. The number of hydrogen-bond acceptors (Lipinski definition) is 10. The minimum atomic E-state index is -4.28. The van der Waals surface area contributed by atoms with Crippen LogP contribution in [0, 0.1) is 17.8 Å². The van der Waals surface area contributed by atoms with E-state index in [2.05, 4.69) is 15.0 Å². The Morgan fingerprint density at radius 1 is 1.15 bits per heavy atom. The number of anilines is 1. The van der Waals surface area contributed by atoms with Crippen LogP contribution in [0.1, 0.15) is 99.3 Å². The largest absolute Gasteiger partial charge is 0.489 e. The van der Waals surface area contributed by atoms with E-state index in [1.165, 1.54) is 13.1 Å². The zero-order valence-corrected chi connectivity index (χ0v) is 36.7. The number of likely N-dealkylation sites (N-methyl/N-ethyl adjacent to an activating group) is 1. The van der Waals surface area contributed by atoms with Crippen LogP contribution in [-0.4, -0.2) is 112 Å². The van der Waals surface area contributed by atoms with Crippen molar-refractivity contribution in [3.05, 3.63) is 36.5 Å². The molecule has 8 atom stereocenters. The molecule has 0 radical (unpaired) electrons. The summed E-state index contributed by atoms with van der Waals surface area (Å²) in [6.07, 6.45) is 5.33. The molecule has 1 aromatic carbocycles. The maximum absolute atomic E-state index is 17.9. The summed E-state index contributed by atoms with van der Waals surface area (Å²) in [6, 6.07) is -3.56. The SMILES string of the molecule is CCC(C)N(C(=O)O)[C@@H]1C(=O)N2[C@@H](C[C@@](C)(Oc3nccc4c5c(ccc34)N(C)CCO5)C2(F)F)C(=O)N[C@]2(C(=O)NS(=O)(=O)C3(C)CC3)C[C@H]2/C=C\CC[C@@H](C)C[C@H]1CC. The van der Waals surface area contributed by atoms with Gasteiger partial charge in [-0.2, -0.15) is 8.78 Å². The third kappa shape index (κ3) is 7.64. The Morgan fingerprint density at radius 3 is 2.52 bits per heavy atom. The molecule has 1 saturated heterocycles. The molecule has 5 aliphatic rings. The lowest BCUT2D eigenvalue weighted by molar-refractivity contribution is -0.219. The van der Waals surface area contributed by atoms with E-state index < -0.39 is 92.2 Å². The number of carbonyl (C=O) groups excluding carboxylic acids is 3. The number of nitrogens with zero attached hydrogens (tertiary/aromatic N) is 4. The van der Waals surface area contributed by atoms with E-state index in [1.54, 1.807) is 45.0 Å². The molecule has 61 heavy (non-hydrogen) atoms. The molecule has 1 aromatic heterocycles. The minimum Gasteiger partial charge on any atom is -0.489 e. The van der Waals surface area contributed by atoms with E-state index in [9.17, 15) is 27.9 Å². The van der Waals surface area contributed by atoms with Gasteiger partial charge >= 0.3 is 12.1 Å². The summed E-state index contributed by atoms with van der Waals surface area (Å²) < 4.78 is 75.6. The highest BCUT2D eigenvalue weighted by Gasteiger charge is 2.71. The lowest BCUT2D eigenvalue weighted by atomic mass is 9.83. The Morgan fingerprint density at radius 2 is 1.87 bits per heavy atom. The van der Waals surface area contributed by atoms with Crippen molar-refractivity contribution in [3.8, 4) is 11.6 Å². The van der Waals surface area contributed by atoms with E-state index in [0.717, 1.165) is 17.5 Å². The number of fused-ring (bicyclic) bond motifs is 5. The predicted octanol–water partition coefficient (Wildman–Crippen LogP) is 5.82. The lowest BCUT2D eigenvalue weighted by Crippen LogP contribution is -2.65. The fourth-order valence-electron chi connectivity index (χ4n) is 9.31. The normalized spacial score (nSPS) is 31.8. The topological polar surface area (TPSA) is 188 Å². The third-order valence-corrected chi connectivity index (χ3v) is 16.1. The first kappa shape index (κ1) is 44.3. The number of carbonyl (C=O) groups is 4. The van der Waals surface area contributed by atoms with Crippen LogP contribution >= 0.6 is 0 Å². The van der Waals surface area contributed by atoms with Crippen LogP contribution in [0.15, 0.2) is 36.5 Å². The van der Waals surface area contributed by atoms with Gasteiger partial charge in [0, 0.05) is 42.4 Å². The maximum atomic E-state index is 17.9. The fourth-order valence-corrected chi connectivity index (χ4v) is 10.6. The first-order chi connectivity index (χ1) is 28.6. The number of carboxylic acid groups (broad SMARTS) is 1. The molecule has 2 aromatic rings. The zero-order valence-electron chi connectivity index (χ0n) is 35.9. The summed E-state index contributed by atoms with van der Waals surface area (Å²) in [5, 5.41) is 14.2. The van der Waals surface area contributed by atoms with Gasteiger partial charge in [-0.15, -0.1) is 0 Å². The van der Waals surface area contributed by atoms with Gasteiger partial charge in [0.2, 0.25) is 21.8 Å². The number of sulfonamides is 1. The van der Waals surface area contributed by atoms with Gasteiger partial charge in [-0.1, -0.05) is 39.3 Å². The maximum Gasteiger partial charge on any atom is 0.408 e. The molecule has 2 saturated carbocycles. The van der Waals surface area contributed by atoms with Crippen molar-refractivity contribution in [2.24, 2.45) is 17.8 Å². The molecule has 334 valence electrons. The predicted molar refractivity (Wildman–Crippen MR) is 223 cm³/mol. The molecule has 4 amide bonds. The first-order valence-electron chi connectivity index (χ1n) is 21.4. The van der Waals surface area contributed by atoms with E-state index in [-0.39, 0.29) is 36.0 Å². The molecule has 18 heteroatoms. The van der Waals surface area contributed by atoms with Crippen LogP contribution in [0.4, 0.5) is 19.3 Å². The molecule has 3 fully saturated rings. The molecule has 3 aliphatic heterocycles. The van der Waals surface area contributed by atoms with Gasteiger partial charge in [0.1, 0.15) is 24.2 Å². The first-order valence-corrected chi connectivity index (χ1v) is 22.9. The Hall–Kier alpha value is -4.74. The van der Waals surface area contributed by atoms with Crippen LogP contribution in [0.3, 0.4) is 0 Å². The van der Waals surface area contributed by atoms with Crippen molar-refractivity contribution >= 4 is 50.3 Å². The monoisotopic (exact) mass is 872 g/mol. The fraction of sp³-hybridized carbons (Fsp3) is 0.651. The molecule has 7 rings (SSSR count). The number of aromatic nitrogens is 1. The summed E-state index contributed by atoms with van der Waals surface area (Å²) in [5.74, 6) is -4.61. The van der Waals surface area contributed by atoms with Crippen molar-refractivity contribution in [3.63, 3.8) is 0 Å². The van der Waals surface area contributed by atoms with Gasteiger partial charge in [-0.3, -0.25) is 28.9 Å². The molecular formula is C43H58F2N6O9S. The van der Waals surface area contributed by atoms with Gasteiger partial charge in [-0.25, -0.2) is 18.2 Å². The second-order valence-corrected chi connectivity index (χ2v) is 20.5. The van der Waals surface area contributed by atoms with E-state index >= 15 is 13.6 Å². The molecule has 2 aliphatic carbocycles. The Balaban J connectivity index is 1.35. The number of benzene rings is 1. The van der Waals surface area contributed by atoms with Crippen molar-refractivity contribution in [1.82, 2.24) is 24.8 Å². The zero-order chi connectivity index (χ0) is 44.4. The minimum absolute atomic E-state index is 0.0173. The second-order valence-electron chi connectivity index (χ2n) is 18.3. The van der Waals surface area contributed by atoms with Crippen molar-refractivity contribution in [1.29, 1.82) is 0 Å². The quantitative estimate of drug-likeness (QED) is 0.204. The van der Waals surface area contributed by atoms with E-state index in [0.29, 0.717) is 61.8 Å².